The van der Waals surface area contributed by atoms with Crippen LogP contribution in [0.25, 0.3) is 0 Å². The van der Waals surface area contributed by atoms with Crippen molar-refractivity contribution in [2.75, 3.05) is 30.5 Å². The lowest BCUT2D eigenvalue weighted by Gasteiger charge is -2.27. The fourth-order valence-electron chi connectivity index (χ4n) is 5.16. The molecular weight excluding hydrogens is 593 g/mol. The number of carboxylic acid groups (broad SMARTS) is 1. The molecule has 13 heteroatoms. The van der Waals surface area contributed by atoms with Gasteiger partial charge in [-0.3, -0.25) is 4.79 Å². The number of halogens is 4. The molecule has 3 aromatic carbocycles. The molecule has 5 rings (SSSR count). The first-order valence-electron chi connectivity index (χ1n) is 13.3. The van der Waals surface area contributed by atoms with Gasteiger partial charge in [0.2, 0.25) is 0 Å². The van der Waals surface area contributed by atoms with Gasteiger partial charge in [0.25, 0.3) is 5.91 Å². The number of hydrogen-bond donors (Lipinski definition) is 3. The molecule has 0 aromatic heterocycles. The number of aliphatic hydroxyl groups is 1. The summed E-state index contributed by atoms with van der Waals surface area (Å²) in [5.74, 6) is -1.53. The third-order valence-electron chi connectivity index (χ3n) is 7.47. The summed E-state index contributed by atoms with van der Waals surface area (Å²) in [6, 6.07) is 14.5. The number of aliphatic hydroxyl groups excluding tert-OH is 1. The lowest BCUT2D eigenvalue weighted by atomic mass is 9.99. The molecule has 1 unspecified atom stereocenters. The molecule has 228 valence electrons. The molecule has 1 amide bonds. The van der Waals surface area contributed by atoms with Crippen molar-refractivity contribution < 1.29 is 47.2 Å². The molecular formula is C30H28ClF3N2O7. The number of carbonyl (C=O) groups excluding carboxylic acids is 1. The molecule has 3 N–H and O–H groups in total. The summed E-state index contributed by atoms with van der Waals surface area (Å²) in [5, 5.41) is 22.1. The number of anilines is 2. The third kappa shape index (κ3) is 6.91. The molecule has 9 nitrogen and oxygen atoms in total. The first-order valence-corrected chi connectivity index (χ1v) is 13.7. The van der Waals surface area contributed by atoms with Crippen LogP contribution in [0, 0.1) is 0 Å². The Labute approximate surface area is 249 Å². The number of rotatable bonds is 11. The maximum absolute atomic E-state index is 14.3. The average molecular weight is 621 g/mol. The molecule has 0 saturated heterocycles. The van der Waals surface area contributed by atoms with Crippen molar-refractivity contribution in [3.8, 4) is 17.2 Å². The standard InChI is InChI=1S/C30H28ClF3N2O7/c1-41-21-12-19(13-22(14-21)42-11-8-25(37)28(39)40)35-26(17-2-4-18(31)5-3-17)27(38)36-16-29(9-10-29)23-7-6-20(15-24(23)36)43-30(32,33)34/h2-7,12-15,25-26,35,37H,8-11,16H2,1H3,(H,39,40)/t25-,26?/m0/s1. The molecule has 0 bridgehead atoms. The van der Waals surface area contributed by atoms with Crippen LogP contribution < -0.4 is 24.4 Å². The van der Waals surface area contributed by atoms with Crippen LogP contribution in [0.5, 0.6) is 17.2 Å². The maximum atomic E-state index is 14.3. The monoisotopic (exact) mass is 620 g/mol. The number of amides is 1. The van der Waals surface area contributed by atoms with Gasteiger partial charge in [-0.25, -0.2) is 4.79 Å². The van der Waals surface area contributed by atoms with Gasteiger partial charge in [0.05, 0.1) is 19.4 Å². The van der Waals surface area contributed by atoms with Crippen molar-refractivity contribution in [3.63, 3.8) is 0 Å². The quantitative estimate of drug-likeness (QED) is 0.250. The van der Waals surface area contributed by atoms with Crippen LogP contribution in [0.1, 0.15) is 36.4 Å². The van der Waals surface area contributed by atoms with E-state index in [1.165, 1.54) is 24.1 Å². The Morgan fingerprint density at radius 2 is 1.74 bits per heavy atom. The Bertz CT molecular complexity index is 1510. The van der Waals surface area contributed by atoms with Gasteiger partial charge >= 0.3 is 12.3 Å². The number of nitrogens with zero attached hydrogens (tertiary/aromatic N) is 1. The normalized spacial score (nSPS) is 16.3. The maximum Gasteiger partial charge on any atom is 0.573 e. The SMILES string of the molecule is COc1cc(NC(C(=O)N2CC3(CC3)c3ccc(OC(F)(F)F)cc32)c2ccc(Cl)cc2)cc(OCC[C@H](O)C(=O)O)c1. The van der Waals surface area contributed by atoms with E-state index in [-0.39, 0.29) is 18.4 Å². The van der Waals surface area contributed by atoms with Crippen LogP contribution in [-0.2, 0) is 15.0 Å². The van der Waals surface area contributed by atoms with Gasteiger partial charge in [0.15, 0.2) is 6.10 Å². The molecule has 1 spiro atoms. The van der Waals surface area contributed by atoms with E-state index in [9.17, 15) is 27.9 Å². The molecule has 0 radical (unpaired) electrons. The van der Waals surface area contributed by atoms with Crippen molar-refractivity contribution in [2.24, 2.45) is 0 Å². The summed E-state index contributed by atoms with van der Waals surface area (Å²) in [6.07, 6.45) is -5.03. The zero-order valence-electron chi connectivity index (χ0n) is 22.9. The molecule has 1 aliphatic carbocycles. The highest BCUT2D eigenvalue weighted by molar-refractivity contribution is 6.30. The summed E-state index contributed by atoms with van der Waals surface area (Å²) in [7, 11) is 1.44. The minimum absolute atomic E-state index is 0.103. The van der Waals surface area contributed by atoms with Gasteiger partial charge in [0, 0.05) is 53.4 Å². The van der Waals surface area contributed by atoms with Crippen LogP contribution >= 0.6 is 11.6 Å². The minimum Gasteiger partial charge on any atom is -0.497 e. The van der Waals surface area contributed by atoms with Crippen LogP contribution in [0.15, 0.2) is 60.7 Å². The van der Waals surface area contributed by atoms with Gasteiger partial charge < -0.3 is 34.6 Å². The van der Waals surface area contributed by atoms with Crippen molar-refractivity contribution in [2.45, 2.75) is 43.2 Å². The molecule has 43 heavy (non-hydrogen) atoms. The Morgan fingerprint density at radius 3 is 2.37 bits per heavy atom. The molecule has 1 fully saturated rings. The topological polar surface area (TPSA) is 118 Å². The zero-order chi connectivity index (χ0) is 30.9. The summed E-state index contributed by atoms with van der Waals surface area (Å²) >= 11 is 6.11. The highest BCUT2D eigenvalue weighted by Crippen LogP contribution is 2.57. The second-order valence-corrected chi connectivity index (χ2v) is 10.9. The van der Waals surface area contributed by atoms with Crippen molar-refractivity contribution >= 4 is 34.9 Å². The first kappa shape index (κ1) is 30.3. The molecule has 1 saturated carbocycles. The number of alkyl halides is 3. The van der Waals surface area contributed by atoms with Crippen LogP contribution in [0.4, 0.5) is 24.5 Å². The number of methoxy groups -OCH3 is 1. The number of carboxylic acids is 1. The number of carbonyl (C=O) groups is 2. The smallest absolute Gasteiger partial charge is 0.497 e. The summed E-state index contributed by atoms with van der Waals surface area (Å²) < 4.78 is 54.2. The lowest BCUT2D eigenvalue weighted by molar-refractivity contribution is -0.274. The van der Waals surface area contributed by atoms with Crippen LogP contribution in [0.2, 0.25) is 5.02 Å². The van der Waals surface area contributed by atoms with Crippen molar-refractivity contribution in [3.05, 3.63) is 76.8 Å². The molecule has 2 atom stereocenters. The fraction of sp³-hybridized carbons (Fsp3) is 0.333. The lowest BCUT2D eigenvalue weighted by Crippen LogP contribution is -2.38. The van der Waals surface area contributed by atoms with E-state index < -0.39 is 36.1 Å². The van der Waals surface area contributed by atoms with E-state index in [4.69, 9.17) is 26.2 Å². The minimum atomic E-state index is -4.88. The van der Waals surface area contributed by atoms with Crippen LogP contribution in [-0.4, -0.2) is 54.8 Å². The third-order valence-corrected chi connectivity index (χ3v) is 7.72. The second-order valence-electron chi connectivity index (χ2n) is 10.4. The van der Waals surface area contributed by atoms with E-state index in [0.717, 1.165) is 18.4 Å². The number of nitrogens with one attached hydrogen (secondary N) is 1. The Kier molecular flexibility index (Phi) is 8.35. The van der Waals surface area contributed by atoms with E-state index in [0.29, 0.717) is 40.0 Å². The predicted octanol–water partition coefficient (Wildman–Crippen LogP) is 5.69. The molecule has 2 aliphatic rings. The van der Waals surface area contributed by atoms with Gasteiger partial charge in [-0.05, 0) is 42.2 Å². The first-order chi connectivity index (χ1) is 20.4. The largest absolute Gasteiger partial charge is 0.573 e. The molecule has 1 aliphatic heterocycles. The average Bonchev–Trinajstić information content (AvgIpc) is 3.67. The van der Waals surface area contributed by atoms with Gasteiger partial charge in [-0.2, -0.15) is 0 Å². The highest BCUT2D eigenvalue weighted by Gasteiger charge is 2.54. The number of ether oxygens (including phenoxy) is 3. The van der Waals surface area contributed by atoms with E-state index in [2.05, 4.69) is 10.1 Å². The van der Waals surface area contributed by atoms with E-state index in [1.54, 1.807) is 48.5 Å². The Balaban J connectivity index is 1.46. The second kappa shape index (κ2) is 11.8. The number of benzene rings is 3. The number of hydrogen-bond acceptors (Lipinski definition) is 7. The summed E-state index contributed by atoms with van der Waals surface area (Å²) in [4.78, 5) is 26.7. The predicted molar refractivity (Wildman–Crippen MR) is 151 cm³/mol. The summed E-state index contributed by atoms with van der Waals surface area (Å²) in [5.41, 5.74) is 1.80. The Morgan fingerprint density at radius 1 is 1.05 bits per heavy atom. The molecule has 1 heterocycles. The van der Waals surface area contributed by atoms with Gasteiger partial charge in [-0.1, -0.05) is 29.8 Å². The molecule has 3 aromatic rings. The van der Waals surface area contributed by atoms with Crippen molar-refractivity contribution in [1.29, 1.82) is 0 Å². The number of fused-ring (bicyclic) bond motifs is 2. The van der Waals surface area contributed by atoms with E-state index in [1.807, 2.05) is 0 Å². The fourth-order valence-corrected chi connectivity index (χ4v) is 5.29. The summed E-state index contributed by atoms with van der Waals surface area (Å²) in [6.45, 7) is 0.204. The van der Waals surface area contributed by atoms with Gasteiger partial charge in [0.1, 0.15) is 23.3 Å². The number of aliphatic carboxylic acids is 1. The van der Waals surface area contributed by atoms with Crippen molar-refractivity contribution in [1.82, 2.24) is 0 Å². The zero-order valence-corrected chi connectivity index (χ0v) is 23.6. The van der Waals surface area contributed by atoms with E-state index >= 15 is 0 Å². The van der Waals surface area contributed by atoms with Gasteiger partial charge in [-0.15, -0.1) is 13.2 Å². The highest BCUT2D eigenvalue weighted by atomic mass is 35.5. The Hall–Kier alpha value is -4.16. The van der Waals surface area contributed by atoms with Crippen LogP contribution in [0.3, 0.4) is 0 Å².